The van der Waals surface area contributed by atoms with E-state index in [1.54, 1.807) is 22.8 Å². The number of ether oxygens (including phenoxy) is 2. The lowest BCUT2D eigenvalue weighted by Gasteiger charge is -2.42. The van der Waals surface area contributed by atoms with E-state index in [0.29, 0.717) is 25.9 Å². The minimum Gasteiger partial charge on any atom is -0.466 e. The first kappa shape index (κ1) is 25.7. The molecular weight excluding hydrogens is 424 g/mol. The van der Waals surface area contributed by atoms with E-state index in [-0.39, 0.29) is 31.1 Å². The molecule has 0 saturated carbocycles. The van der Waals surface area contributed by atoms with Gasteiger partial charge in [0.2, 0.25) is 11.8 Å². The minimum atomic E-state index is -0.994. The van der Waals surface area contributed by atoms with Crippen molar-refractivity contribution in [3.05, 3.63) is 12.7 Å². The molecule has 8 heteroatoms. The number of aliphatic hydroxyl groups excluding tert-OH is 1. The highest BCUT2D eigenvalue weighted by Gasteiger charge is 2.75. The zero-order valence-corrected chi connectivity index (χ0v) is 20.5. The largest absolute Gasteiger partial charge is 0.466 e. The molecule has 3 aliphatic rings. The van der Waals surface area contributed by atoms with Gasteiger partial charge in [0.1, 0.15) is 11.6 Å². The summed E-state index contributed by atoms with van der Waals surface area (Å²) >= 11 is 0. The van der Waals surface area contributed by atoms with Crippen LogP contribution in [0.5, 0.6) is 0 Å². The zero-order valence-electron chi connectivity index (χ0n) is 20.5. The van der Waals surface area contributed by atoms with E-state index in [4.69, 9.17) is 14.6 Å². The summed E-state index contributed by atoms with van der Waals surface area (Å²) in [7, 11) is 0. The molecule has 2 amide bonds. The topological polar surface area (TPSA) is 96.4 Å². The van der Waals surface area contributed by atoms with E-state index >= 15 is 0 Å². The zero-order chi connectivity index (χ0) is 24.4. The summed E-state index contributed by atoms with van der Waals surface area (Å²) in [6.07, 6.45) is 5.68. The number of nitrogens with zero attached hydrogens (tertiary/aromatic N) is 2. The predicted octanol–water partition coefficient (Wildman–Crippen LogP) is 2.29. The number of fused-ring (bicyclic) bond motifs is 1. The summed E-state index contributed by atoms with van der Waals surface area (Å²) in [6.45, 7) is 12.6. The van der Waals surface area contributed by atoms with Crippen LogP contribution in [0.3, 0.4) is 0 Å². The quantitative estimate of drug-likeness (QED) is 0.286. The van der Waals surface area contributed by atoms with Gasteiger partial charge in [0.05, 0.1) is 24.5 Å². The van der Waals surface area contributed by atoms with Gasteiger partial charge in [-0.2, -0.15) is 0 Å². The molecule has 2 unspecified atom stereocenters. The van der Waals surface area contributed by atoms with E-state index in [9.17, 15) is 14.4 Å². The van der Waals surface area contributed by atoms with E-state index in [0.717, 1.165) is 25.7 Å². The van der Waals surface area contributed by atoms with Crippen molar-refractivity contribution >= 4 is 17.8 Å². The molecule has 33 heavy (non-hydrogen) atoms. The molecule has 2 bridgehead atoms. The molecule has 3 fully saturated rings. The summed E-state index contributed by atoms with van der Waals surface area (Å²) in [5.74, 6) is -2.09. The second-order valence-corrected chi connectivity index (χ2v) is 10.4. The third-order valence-corrected chi connectivity index (χ3v) is 7.29. The number of rotatable bonds is 11. The van der Waals surface area contributed by atoms with Gasteiger partial charge in [0, 0.05) is 25.2 Å². The molecule has 0 aromatic carbocycles. The number of amides is 2. The van der Waals surface area contributed by atoms with Crippen LogP contribution < -0.4 is 0 Å². The molecule has 3 heterocycles. The molecule has 0 aromatic rings. The Hall–Kier alpha value is -1.93. The van der Waals surface area contributed by atoms with Gasteiger partial charge in [-0.3, -0.25) is 14.4 Å². The van der Waals surface area contributed by atoms with Gasteiger partial charge >= 0.3 is 5.97 Å². The maximum absolute atomic E-state index is 14.1. The predicted molar refractivity (Wildman–Crippen MR) is 123 cm³/mol. The molecule has 1 spiro atoms. The lowest BCUT2D eigenvalue weighted by atomic mass is 9.70. The fourth-order valence-electron chi connectivity index (χ4n) is 5.90. The van der Waals surface area contributed by atoms with E-state index < -0.39 is 35.0 Å². The van der Waals surface area contributed by atoms with Gasteiger partial charge in [0.25, 0.3) is 0 Å². The molecule has 3 aliphatic heterocycles. The van der Waals surface area contributed by atoms with Crippen LogP contribution in [0.1, 0.15) is 66.2 Å². The number of esters is 1. The van der Waals surface area contributed by atoms with Crippen LogP contribution in [0.2, 0.25) is 0 Å². The van der Waals surface area contributed by atoms with Crippen molar-refractivity contribution in [2.75, 3.05) is 26.3 Å². The summed E-state index contributed by atoms with van der Waals surface area (Å²) in [5, 5.41) is 9.04. The van der Waals surface area contributed by atoms with Crippen molar-refractivity contribution in [3.8, 4) is 0 Å². The molecular formula is C25H40N2O6. The molecule has 186 valence electrons. The first-order chi connectivity index (χ1) is 15.6. The smallest absolute Gasteiger partial charge is 0.312 e. The van der Waals surface area contributed by atoms with Crippen molar-refractivity contribution in [1.29, 1.82) is 0 Å². The van der Waals surface area contributed by atoms with Crippen molar-refractivity contribution in [3.63, 3.8) is 0 Å². The lowest BCUT2D eigenvalue weighted by molar-refractivity contribution is -0.155. The summed E-state index contributed by atoms with van der Waals surface area (Å²) < 4.78 is 11.7. The Bertz CT molecular complexity index is 762. The molecule has 0 aliphatic carbocycles. The fraction of sp³-hybridized carbons (Fsp3) is 0.800. The highest BCUT2D eigenvalue weighted by molar-refractivity contribution is 5.98. The van der Waals surface area contributed by atoms with Crippen molar-refractivity contribution in [2.24, 2.45) is 11.8 Å². The normalized spacial score (nSPS) is 30.5. The van der Waals surface area contributed by atoms with Gasteiger partial charge in [0.15, 0.2) is 0 Å². The summed E-state index contributed by atoms with van der Waals surface area (Å²) in [4.78, 5) is 44.1. The van der Waals surface area contributed by atoms with Crippen LogP contribution in [0, 0.1) is 11.8 Å². The first-order valence-electron chi connectivity index (χ1n) is 12.3. The van der Waals surface area contributed by atoms with E-state index in [1.807, 2.05) is 20.8 Å². The number of hydrogen-bond donors (Lipinski definition) is 1. The van der Waals surface area contributed by atoms with Crippen LogP contribution in [0.4, 0.5) is 0 Å². The molecule has 0 aromatic heterocycles. The Morgan fingerprint density at radius 2 is 2.00 bits per heavy atom. The molecule has 3 rings (SSSR count). The minimum absolute atomic E-state index is 0.146. The van der Waals surface area contributed by atoms with Crippen LogP contribution in [-0.2, 0) is 23.9 Å². The SMILES string of the molecule is C=CCN(C(=O)C1N(CCCCCCO)C(=O)[C@@H]2[C@H](C(=O)OCC)[C@@H]3CCC12O3)C(C)(C)C. The maximum atomic E-state index is 14.1. The first-order valence-corrected chi connectivity index (χ1v) is 12.3. The molecule has 8 nitrogen and oxygen atoms in total. The van der Waals surface area contributed by atoms with Gasteiger partial charge in [-0.25, -0.2) is 0 Å². The van der Waals surface area contributed by atoms with Crippen molar-refractivity contribution in [1.82, 2.24) is 9.80 Å². The Balaban J connectivity index is 1.96. The summed E-state index contributed by atoms with van der Waals surface area (Å²) in [5.41, 5.74) is -1.46. The Morgan fingerprint density at radius 1 is 1.30 bits per heavy atom. The fourth-order valence-corrected chi connectivity index (χ4v) is 5.90. The van der Waals surface area contributed by atoms with Gasteiger partial charge in [-0.15, -0.1) is 6.58 Å². The van der Waals surface area contributed by atoms with Gasteiger partial charge in [-0.05, 0) is 53.4 Å². The van der Waals surface area contributed by atoms with Crippen LogP contribution in [0.15, 0.2) is 12.7 Å². The monoisotopic (exact) mass is 464 g/mol. The van der Waals surface area contributed by atoms with Gasteiger partial charge < -0.3 is 24.4 Å². The average molecular weight is 465 g/mol. The number of unbranched alkanes of at least 4 members (excludes halogenated alkanes) is 3. The highest BCUT2D eigenvalue weighted by atomic mass is 16.6. The number of carbonyl (C=O) groups excluding carboxylic acids is 3. The Labute approximate surface area is 197 Å². The van der Waals surface area contributed by atoms with Crippen LogP contribution >= 0.6 is 0 Å². The highest BCUT2D eigenvalue weighted by Crippen LogP contribution is 2.59. The lowest BCUT2D eigenvalue weighted by Crippen LogP contribution is -2.59. The van der Waals surface area contributed by atoms with E-state index in [1.165, 1.54) is 0 Å². The molecule has 0 radical (unpaired) electrons. The third kappa shape index (κ3) is 4.56. The molecule has 3 saturated heterocycles. The number of aliphatic hydroxyl groups is 1. The number of hydrogen-bond acceptors (Lipinski definition) is 6. The van der Waals surface area contributed by atoms with Gasteiger partial charge in [-0.1, -0.05) is 18.9 Å². The van der Waals surface area contributed by atoms with E-state index in [2.05, 4.69) is 6.58 Å². The molecule has 1 N–H and O–H groups in total. The Morgan fingerprint density at radius 3 is 2.61 bits per heavy atom. The molecule has 5 atom stereocenters. The summed E-state index contributed by atoms with van der Waals surface area (Å²) in [6, 6.07) is -0.767. The number of carbonyl (C=O) groups is 3. The maximum Gasteiger partial charge on any atom is 0.312 e. The standard InChI is InChI=1S/C25H40N2O6/c1-6-14-27(24(3,4)5)22(30)20-25-13-12-17(33-25)18(23(31)32-7-2)19(25)21(29)26(20)15-10-8-9-11-16-28/h6,17-20,28H,1,7-16H2,2-5H3/t17-,18+,19-,20?,25?/m0/s1. The average Bonchev–Trinajstić information content (AvgIpc) is 3.38. The van der Waals surface area contributed by atoms with Crippen molar-refractivity contribution < 1.29 is 29.0 Å². The Kier molecular flexibility index (Phi) is 7.89. The number of likely N-dealkylation sites (tertiary alicyclic amines) is 1. The van der Waals surface area contributed by atoms with Crippen molar-refractivity contribution in [2.45, 2.75) is 89.5 Å². The second-order valence-electron chi connectivity index (χ2n) is 10.4. The second kappa shape index (κ2) is 10.1. The van der Waals surface area contributed by atoms with Crippen LogP contribution in [-0.4, -0.2) is 82.3 Å². The van der Waals surface area contributed by atoms with Crippen LogP contribution in [0.25, 0.3) is 0 Å². The third-order valence-electron chi connectivity index (χ3n) is 7.29.